The van der Waals surface area contributed by atoms with Crippen LogP contribution >= 0.6 is 0 Å². The molecule has 0 spiro atoms. The van der Waals surface area contributed by atoms with Crippen molar-refractivity contribution < 1.29 is 22.7 Å². The number of amides is 2. The number of para-hydroxylation sites is 1. The van der Waals surface area contributed by atoms with E-state index in [9.17, 15) is 18.0 Å². The fraction of sp³-hybridized carbons (Fsp3) is 0.417. The van der Waals surface area contributed by atoms with Crippen molar-refractivity contribution in [2.24, 2.45) is 5.92 Å². The zero-order chi connectivity index (χ0) is 24.6. The maximum Gasteiger partial charge on any atom is 0.244 e. The molecule has 8 nitrogen and oxygen atoms in total. The summed E-state index contributed by atoms with van der Waals surface area (Å²) >= 11 is 0. The third-order valence-corrected chi connectivity index (χ3v) is 6.20. The van der Waals surface area contributed by atoms with Crippen LogP contribution in [0.25, 0.3) is 0 Å². The summed E-state index contributed by atoms with van der Waals surface area (Å²) in [6, 6.07) is 14.8. The molecule has 2 amide bonds. The average Bonchev–Trinajstić information content (AvgIpc) is 2.78. The molecule has 9 heteroatoms. The standard InChI is InChI=1S/C24H33N3O5S/c1-18(2)15-25-24(29)19(3)26(16-20-10-9-13-22(14-20)32-4)23(28)17-27(33(5,30)31)21-11-7-6-8-12-21/h6-14,18-19H,15-17H2,1-5H3,(H,25,29). The topological polar surface area (TPSA) is 96.0 Å². The lowest BCUT2D eigenvalue weighted by molar-refractivity contribution is -0.139. The Hall–Kier alpha value is -3.07. The molecule has 1 unspecified atom stereocenters. The van der Waals surface area contributed by atoms with Gasteiger partial charge in [-0.15, -0.1) is 0 Å². The van der Waals surface area contributed by atoms with Gasteiger partial charge < -0.3 is 15.0 Å². The SMILES string of the molecule is COc1cccc(CN(C(=O)CN(c2ccccc2)S(C)(=O)=O)C(C)C(=O)NCC(C)C)c1. The van der Waals surface area contributed by atoms with Crippen LogP contribution in [-0.2, 0) is 26.2 Å². The van der Waals surface area contributed by atoms with Crippen LogP contribution in [-0.4, -0.2) is 57.6 Å². The zero-order valence-electron chi connectivity index (χ0n) is 19.8. The van der Waals surface area contributed by atoms with E-state index in [1.54, 1.807) is 62.6 Å². The lowest BCUT2D eigenvalue weighted by Gasteiger charge is -2.31. The van der Waals surface area contributed by atoms with E-state index in [1.807, 2.05) is 19.9 Å². The molecule has 2 rings (SSSR count). The summed E-state index contributed by atoms with van der Waals surface area (Å²) in [6.07, 6.45) is 1.05. The van der Waals surface area contributed by atoms with Crippen molar-refractivity contribution in [3.05, 3.63) is 60.2 Å². The molecule has 0 aliphatic carbocycles. The number of hydrogen-bond donors (Lipinski definition) is 1. The van der Waals surface area contributed by atoms with Crippen LogP contribution in [0.3, 0.4) is 0 Å². The molecule has 2 aromatic rings. The summed E-state index contributed by atoms with van der Waals surface area (Å²) in [5, 5.41) is 2.85. The largest absolute Gasteiger partial charge is 0.497 e. The first-order valence-corrected chi connectivity index (χ1v) is 12.6. The quantitative estimate of drug-likeness (QED) is 0.539. The van der Waals surface area contributed by atoms with Gasteiger partial charge in [-0.25, -0.2) is 8.42 Å². The van der Waals surface area contributed by atoms with Crippen LogP contribution in [0.2, 0.25) is 0 Å². The van der Waals surface area contributed by atoms with Gasteiger partial charge in [-0.05, 0) is 42.7 Å². The Morgan fingerprint density at radius 3 is 2.27 bits per heavy atom. The molecular formula is C24H33N3O5S. The minimum atomic E-state index is -3.73. The van der Waals surface area contributed by atoms with Gasteiger partial charge in [0.2, 0.25) is 21.8 Å². The van der Waals surface area contributed by atoms with Gasteiger partial charge in [0.05, 0.1) is 19.1 Å². The Morgan fingerprint density at radius 1 is 1.03 bits per heavy atom. The highest BCUT2D eigenvalue weighted by atomic mass is 32.2. The Kier molecular flexibility index (Phi) is 9.28. The summed E-state index contributed by atoms with van der Waals surface area (Å²) in [5.41, 5.74) is 1.14. The molecule has 0 radical (unpaired) electrons. The predicted octanol–water partition coefficient (Wildman–Crippen LogP) is 2.65. The first-order chi connectivity index (χ1) is 15.5. The normalized spacial score (nSPS) is 12.2. The minimum absolute atomic E-state index is 0.124. The Labute approximate surface area is 196 Å². The molecule has 33 heavy (non-hydrogen) atoms. The van der Waals surface area contributed by atoms with Gasteiger partial charge in [0.25, 0.3) is 0 Å². The number of rotatable bonds is 11. The van der Waals surface area contributed by atoms with E-state index in [4.69, 9.17) is 4.74 Å². The second-order valence-corrected chi connectivity index (χ2v) is 10.2. The Bertz CT molecular complexity index is 1040. The van der Waals surface area contributed by atoms with Crippen LogP contribution in [0.4, 0.5) is 5.69 Å². The predicted molar refractivity (Wildman–Crippen MR) is 129 cm³/mol. The molecule has 0 saturated carbocycles. The Balaban J connectivity index is 2.35. The Morgan fingerprint density at radius 2 is 1.70 bits per heavy atom. The van der Waals surface area contributed by atoms with Gasteiger partial charge in [0.1, 0.15) is 18.3 Å². The van der Waals surface area contributed by atoms with Gasteiger partial charge in [-0.2, -0.15) is 0 Å². The summed E-state index contributed by atoms with van der Waals surface area (Å²) in [6.45, 7) is 5.78. The van der Waals surface area contributed by atoms with Gasteiger partial charge in [-0.3, -0.25) is 13.9 Å². The lowest BCUT2D eigenvalue weighted by atomic mass is 10.1. The molecule has 1 atom stereocenters. The number of carbonyl (C=O) groups excluding carboxylic acids is 2. The van der Waals surface area contributed by atoms with E-state index in [0.29, 0.717) is 18.0 Å². The van der Waals surface area contributed by atoms with E-state index < -0.39 is 28.5 Å². The van der Waals surface area contributed by atoms with Gasteiger partial charge >= 0.3 is 0 Å². The number of ether oxygens (including phenoxy) is 1. The van der Waals surface area contributed by atoms with Crippen molar-refractivity contribution >= 4 is 27.5 Å². The number of benzene rings is 2. The molecule has 0 bridgehead atoms. The van der Waals surface area contributed by atoms with Crippen LogP contribution in [0, 0.1) is 5.92 Å². The first kappa shape index (κ1) is 26.2. The zero-order valence-corrected chi connectivity index (χ0v) is 20.6. The molecule has 0 heterocycles. The fourth-order valence-corrected chi connectivity index (χ4v) is 4.06. The molecule has 0 aliphatic rings. The monoisotopic (exact) mass is 475 g/mol. The van der Waals surface area contributed by atoms with Gasteiger partial charge in [0.15, 0.2) is 0 Å². The summed E-state index contributed by atoms with van der Waals surface area (Å²) in [4.78, 5) is 27.6. The number of nitrogens with zero attached hydrogens (tertiary/aromatic N) is 2. The van der Waals surface area contributed by atoms with Crippen molar-refractivity contribution in [2.45, 2.75) is 33.4 Å². The fourth-order valence-electron chi connectivity index (χ4n) is 3.21. The van der Waals surface area contributed by atoms with Gasteiger partial charge in [0, 0.05) is 13.1 Å². The highest BCUT2D eigenvalue weighted by Crippen LogP contribution is 2.20. The second-order valence-electron chi connectivity index (χ2n) is 8.29. The molecule has 180 valence electrons. The second kappa shape index (κ2) is 11.7. The van der Waals surface area contributed by atoms with E-state index in [2.05, 4.69) is 5.32 Å². The molecule has 0 saturated heterocycles. The summed E-state index contributed by atoms with van der Waals surface area (Å²) in [5.74, 6) is 0.0891. The van der Waals surface area contributed by atoms with Gasteiger partial charge in [-0.1, -0.05) is 44.2 Å². The number of carbonyl (C=O) groups is 2. The van der Waals surface area contributed by atoms with Crippen molar-refractivity contribution in [3.8, 4) is 5.75 Å². The summed E-state index contributed by atoms with van der Waals surface area (Å²) in [7, 11) is -2.18. The van der Waals surface area contributed by atoms with Crippen LogP contribution < -0.4 is 14.4 Å². The third kappa shape index (κ3) is 7.78. The van der Waals surface area contributed by atoms with Crippen LogP contribution in [0.15, 0.2) is 54.6 Å². The number of hydrogen-bond acceptors (Lipinski definition) is 5. The van der Waals surface area contributed by atoms with E-state index >= 15 is 0 Å². The van der Waals surface area contributed by atoms with E-state index in [1.165, 1.54) is 4.90 Å². The minimum Gasteiger partial charge on any atom is -0.497 e. The molecule has 0 aromatic heterocycles. The van der Waals surface area contributed by atoms with Crippen molar-refractivity contribution in [2.75, 3.05) is 30.8 Å². The highest BCUT2D eigenvalue weighted by molar-refractivity contribution is 7.92. The van der Waals surface area contributed by atoms with Crippen LogP contribution in [0.1, 0.15) is 26.3 Å². The van der Waals surface area contributed by atoms with E-state index in [0.717, 1.165) is 16.1 Å². The molecular weight excluding hydrogens is 442 g/mol. The van der Waals surface area contributed by atoms with E-state index in [-0.39, 0.29) is 18.4 Å². The highest BCUT2D eigenvalue weighted by Gasteiger charge is 2.30. The number of sulfonamides is 1. The maximum absolute atomic E-state index is 13.4. The number of nitrogens with one attached hydrogen (secondary N) is 1. The molecule has 1 N–H and O–H groups in total. The molecule has 2 aromatic carbocycles. The summed E-state index contributed by atoms with van der Waals surface area (Å²) < 4.78 is 31.3. The van der Waals surface area contributed by atoms with Crippen molar-refractivity contribution in [1.82, 2.24) is 10.2 Å². The van der Waals surface area contributed by atoms with Crippen LogP contribution in [0.5, 0.6) is 5.75 Å². The number of anilines is 1. The maximum atomic E-state index is 13.4. The molecule has 0 fully saturated rings. The first-order valence-electron chi connectivity index (χ1n) is 10.8. The average molecular weight is 476 g/mol. The lowest BCUT2D eigenvalue weighted by Crippen LogP contribution is -2.51. The third-order valence-electron chi connectivity index (χ3n) is 5.06. The molecule has 0 aliphatic heterocycles. The van der Waals surface area contributed by atoms with Crippen molar-refractivity contribution in [1.29, 1.82) is 0 Å². The van der Waals surface area contributed by atoms with Crippen molar-refractivity contribution in [3.63, 3.8) is 0 Å². The number of methoxy groups -OCH3 is 1. The smallest absolute Gasteiger partial charge is 0.244 e.